The van der Waals surface area contributed by atoms with Gasteiger partial charge in [-0.1, -0.05) is 15.9 Å². The Hall–Kier alpha value is -0.0500. The van der Waals surface area contributed by atoms with Gasteiger partial charge in [0.2, 0.25) is 5.91 Å². The van der Waals surface area contributed by atoms with Crippen molar-refractivity contribution in [2.75, 3.05) is 0 Å². The molecule has 2 aliphatic carbocycles. The Morgan fingerprint density at radius 1 is 1.23 bits per heavy atom. The zero-order chi connectivity index (χ0) is 9.00. The first-order valence-electron chi connectivity index (χ1n) is 5.18. The lowest BCUT2D eigenvalue weighted by molar-refractivity contribution is -0.125. The Bertz CT molecular complexity index is 255. The van der Waals surface area contributed by atoms with Gasteiger partial charge in [-0.3, -0.25) is 4.79 Å². The van der Waals surface area contributed by atoms with Crippen molar-refractivity contribution < 1.29 is 4.79 Å². The standard InChI is InChI=1S/C10H14BrNO/c11-9-6-1-5-2-7(4-6)10(13)12-8(9)3-5/h5-9H,1-4H2,(H,12,13)/t5?,6?,7?,8?,9-/m0/s1. The van der Waals surface area contributed by atoms with E-state index < -0.39 is 0 Å². The number of carbonyl (C=O) groups excluding carboxylic acids is 1. The van der Waals surface area contributed by atoms with E-state index in [1.165, 1.54) is 12.8 Å². The highest BCUT2D eigenvalue weighted by molar-refractivity contribution is 9.09. The Balaban J connectivity index is 1.98. The van der Waals surface area contributed by atoms with Gasteiger partial charge >= 0.3 is 0 Å². The van der Waals surface area contributed by atoms with Gasteiger partial charge in [-0.25, -0.2) is 0 Å². The molecule has 1 amide bonds. The predicted molar refractivity (Wildman–Crippen MR) is 53.6 cm³/mol. The Labute approximate surface area is 86.6 Å². The van der Waals surface area contributed by atoms with Crippen molar-refractivity contribution in [3.05, 3.63) is 0 Å². The number of rotatable bonds is 0. The van der Waals surface area contributed by atoms with Crippen molar-refractivity contribution >= 4 is 21.8 Å². The molecule has 4 rings (SSSR count). The van der Waals surface area contributed by atoms with Crippen LogP contribution in [0, 0.1) is 17.8 Å². The minimum atomic E-state index is 0.319. The van der Waals surface area contributed by atoms with Gasteiger partial charge in [0.15, 0.2) is 0 Å². The average molecular weight is 244 g/mol. The molecule has 2 saturated carbocycles. The number of alkyl halides is 1. The summed E-state index contributed by atoms with van der Waals surface area (Å²) in [7, 11) is 0. The number of nitrogens with one attached hydrogen (secondary N) is 1. The van der Waals surface area contributed by atoms with Crippen molar-refractivity contribution in [3.63, 3.8) is 0 Å². The third-order valence-corrected chi connectivity index (χ3v) is 5.35. The van der Waals surface area contributed by atoms with Crippen molar-refractivity contribution in [1.82, 2.24) is 5.32 Å². The largest absolute Gasteiger partial charge is 0.352 e. The summed E-state index contributed by atoms with van der Waals surface area (Å²) in [5, 5.41) is 3.17. The summed E-state index contributed by atoms with van der Waals surface area (Å²) in [6.45, 7) is 0. The molecule has 0 spiro atoms. The molecule has 1 N–H and O–H groups in total. The molecule has 2 heterocycles. The summed E-state index contributed by atoms with van der Waals surface area (Å²) in [5.41, 5.74) is 0. The second kappa shape index (κ2) is 2.72. The number of carbonyl (C=O) groups is 1. The number of fused-ring (bicyclic) bond motifs is 1. The van der Waals surface area contributed by atoms with E-state index in [1.807, 2.05) is 0 Å². The maximum atomic E-state index is 11.7. The summed E-state index contributed by atoms with van der Waals surface area (Å²) in [4.78, 5) is 12.2. The average Bonchev–Trinajstić information content (AvgIpc) is 2.26. The molecular formula is C10H14BrNO. The first kappa shape index (κ1) is 8.27. The van der Waals surface area contributed by atoms with Crippen molar-refractivity contribution in [2.24, 2.45) is 17.8 Å². The molecule has 13 heavy (non-hydrogen) atoms. The summed E-state index contributed by atoms with van der Waals surface area (Å²) < 4.78 is 0. The molecule has 2 nitrogen and oxygen atoms in total. The fourth-order valence-electron chi connectivity index (χ4n) is 3.41. The third-order valence-electron chi connectivity index (χ3n) is 3.96. The van der Waals surface area contributed by atoms with Crippen LogP contribution in [-0.4, -0.2) is 16.8 Å². The van der Waals surface area contributed by atoms with Crippen LogP contribution >= 0.6 is 15.9 Å². The van der Waals surface area contributed by atoms with Crippen LogP contribution in [-0.2, 0) is 4.79 Å². The fraction of sp³-hybridized carbons (Fsp3) is 0.900. The summed E-state index contributed by atoms with van der Waals surface area (Å²) >= 11 is 3.74. The zero-order valence-corrected chi connectivity index (χ0v) is 9.09. The van der Waals surface area contributed by atoms with E-state index in [4.69, 9.17) is 0 Å². The van der Waals surface area contributed by atoms with E-state index in [1.54, 1.807) is 0 Å². The normalized spacial score (nSPS) is 53.3. The molecule has 5 atom stereocenters. The maximum Gasteiger partial charge on any atom is 0.223 e. The minimum Gasteiger partial charge on any atom is -0.352 e. The van der Waals surface area contributed by atoms with Gasteiger partial charge in [0.25, 0.3) is 0 Å². The number of halogens is 1. The lowest BCUT2D eigenvalue weighted by atomic mass is 9.68. The Morgan fingerprint density at radius 3 is 2.92 bits per heavy atom. The molecule has 2 saturated heterocycles. The molecule has 72 valence electrons. The van der Waals surface area contributed by atoms with Gasteiger partial charge in [0.1, 0.15) is 0 Å². The van der Waals surface area contributed by atoms with Crippen LogP contribution in [0.3, 0.4) is 0 Å². The highest BCUT2D eigenvalue weighted by Gasteiger charge is 2.47. The van der Waals surface area contributed by atoms with Gasteiger partial charge in [0, 0.05) is 16.8 Å². The summed E-state index contributed by atoms with van der Waals surface area (Å²) in [6.07, 6.45) is 4.82. The van der Waals surface area contributed by atoms with Crippen LogP contribution in [0.25, 0.3) is 0 Å². The van der Waals surface area contributed by atoms with Crippen LogP contribution in [0.1, 0.15) is 25.7 Å². The van der Waals surface area contributed by atoms with E-state index in [-0.39, 0.29) is 0 Å². The van der Waals surface area contributed by atoms with Crippen molar-refractivity contribution in [3.8, 4) is 0 Å². The second-order valence-corrected chi connectivity index (χ2v) is 5.88. The smallest absolute Gasteiger partial charge is 0.223 e. The first-order valence-corrected chi connectivity index (χ1v) is 6.10. The van der Waals surface area contributed by atoms with E-state index in [9.17, 15) is 4.79 Å². The summed E-state index contributed by atoms with van der Waals surface area (Å²) in [5.74, 6) is 2.22. The van der Waals surface area contributed by atoms with Gasteiger partial charge in [-0.15, -0.1) is 0 Å². The van der Waals surface area contributed by atoms with Crippen LogP contribution in [0.5, 0.6) is 0 Å². The number of amides is 1. The van der Waals surface area contributed by atoms with Crippen LogP contribution in [0.2, 0.25) is 0 Å². The highest BCUT2D eigenvalue weighted by Crippen LogP contribution is 2.47. The van der Waals surface area contributed by atoms with E-state index >= 15 is 0 Å². The van der Waals surface area contributed by atoms with E-state index in [2.05, 4.69) is 21.2 Å². The lowest BCUT2D eigenvalue weighted by Gasteiger charge is -2.40. The summed E-state index contributed by atoms with van der Waals surface area (Å²) in [6, 6.07) is 0.420. The second-order valence-electron chi connectivity index (χ2n) is 4.83. The zero-order valence-electron chi connectivity index (χ0n) is 7.50. The topological polar surface area (TPSA) is 29.1 Å². The quantitative estimate of drug-likeness (QED) is 0.645. The fourth-order valence-corrected chi connectivity index (χ4v) is 4.19. The number of hydrogen-bond acceptors (Lipinski definition) is 1. The van der Waals surface area contributed by atoms with Gasteiger partial charge in [-0.05, 0) is 37.5 Å². The van der Waals surface area contributed by atoms with Crippen LogP contribution in [0.15, 0.2) is 0 Å². The molecule has 4 unspecified atom stereocenters. The van der Waals surface area contributed by atoms with Crippen LogP contribution in [0.4, 0.5) is 0 Å². The molecule has 4 aliphatic rings. The monoisotopic (exact) mass is 243 g/mol. The minimum absolute atomic E-state index is 0.319. The third kappa shape index (κ3) is 1.16. The molecule has 3 heteroatoms. The van der Waals surface area contributed by atoms with E-state index in [0.717, 1.165) is 24.7 Å². The van der Waals surface area contributed by atoms with Crippen molar-refractivity contribution in [1.29, 1.82) is 0 Å². The van der Waals surface area contributed by atoms with E-state index in [0.29, 0.717) is 22.7 Å². The maximum absolute atomic E-state index is 11.7. The number of hydrogen-bond donors (Lipinski definition) is 1. The SMILES string of the molecule is O=C1NC2CC3CC1CC(C3)[C@@H]2Br. The Kier molecular flexibility index (Phi) is 1.73. The predicted octanol–water partition coefficient (Wildman–Crippen LogP) is 1.68. The molecular weight excluding hydrogens is 230 g/mol. The lowest BCUT2D eigenvalue weighted by Crippen LogP contribution is -2.44. The molecule has 0 radical (unpaired) electrons. The van der Waals surface area contributed by atoms with Crippen molar-refractivity contribution in [2.45, 2.75) is 36.6 Å². The highest BCUT2D eigenvalue weighted by atomic mass is 79.9. The molecule has 2 aliphatic heterocycles. The van der Waals surface area contributed by atoms with Gasteiger partial charge in [0.05, 0.1) is 0 Å². The molecule has 4 bridgehead atoms. The Morgan fingerprint density at radius 2 is 2.08 bits per heavy atom. The molecule has 0 aromatic carbocycles. The molecule has 0 aromatic rings. The van der Waals surface area contributed by atoms with Gasteiger partial charge < -0.3 is 5.32 Å². The molecule has 4 fully saturated rings. The molecule has 0 aromatic heterocycles. The van der Waals surface area contributed by atoms with Gasteiger partial charge in [-0.2, -0.15) is 0 Å². The van der Waals surface area contributed by atoms with Crippen LogP contribution < -0.4 is 5.32 Å². The first-order chi connectivity index (χ1) is 6.24.